The molecular formula is C13H18O2. The second-order valence-electron chi connectivity index (χ2n) is 4.02. The van der Waals surface area contributed by atoms with E-state index in [9.17, 15) is 4.79 Å². The van der Waals surface area contributed by atoms with Crippen LogP contribution in [-0.2, 0) is 6.42 Å². The number of aromatic carboxylic acids is 1. The van der Waals surface area contributed by atoms with Crippen molar-refractivity contribution in [2.45, 2.75) is 40.5 Å². The van der Waals surface area contributed by atoms with E-state index in [-0.39, 0.29) is 0 Å². The van der Waals surface area contributed by atoms with Crippen LogP contribution in [-0.4, -0.2) is 11.1 Å². The summed E-state index contributed by atoms with van der Waals surface area (Å²) in [5.41, 5.74) is 4.87. The molecule has 1 aromatic rings. The minimum absolute atomic E-state index is 0.470. The quantitative estimate of drug-likeness (QED) is 0.824. The van der Waals surface area contributed by atoms with Gasteiger partial charge < -0.3 is 5.11 Å². The molecule has 15 heavy (non-hydrogen) atoms. The third kappa shape index (κ3) is 2.20. The zero-order valence-electron chi connectivity index (χ0n) is 9.85. The zero-order valence-corrected chi connectivity index (χ0v) is 9.85. The summed E-state index contributed by atoms with van der Waals surface area (Å²) >= 11 is 0. The maximum Gasteiger partial charge on any atom is 0.335 e. The Hall–Kier alpha value is -1.31. The lowest BCUT2D eigenvalue weighted by molar-refractivity contribution is 0.0695. The first-order valence-corrected chi connectivity index (χ1v) is 5.32. The number of aryl methyl sites for hydroxylation is 1. The lowest BCUT2D eigenvalue weighted by atomic mass is 9.91. The lowest BCUT2D eigenvalue weighted by Crippen LogP contribution is -2.07. The molecular weight excluding hydrogens is 188 g/mol. The molecule has 2 heteroatoms. The molecule has 0 aromatic heterocycles. The van der Waals surface area contributed by atoms with Gasteiger partial charge in [-0.05, 0) is 55.5 Å². The fourth-order valence-electron chi connectivity index (χ4n) is 1.90. The number of rotatable bonds is 3. The normalized spacial score (nSPS) is 10.4. The molecule has 1 aromatic carbocycles. The molecule has 0 unspecified atom stereocenters. The van der Waals surface area contributed by atoms with Crippen LogP contribution in [0.4, 0.5) is 0 Å². The second kappa shape index (κ2) is 4.47. The maximum absolute atomic E-state index is 11.1. The van der Waals surface area contributed by atoms with Crippen LogP contribution in [0.15, 0.2) is 6.07 Å². The number of carboxylic acid groups (broad SMARTS) is 1. The SMILES string of the molecule is CCCc1c(C(=O)O)cc(C)c(C)c1C. The number of carboxylic acids is 1. The van der Waals surface area contributed by atoms with E-state index in [4.69, 9.17) is 5.11 Å². The van der Waals surface area contributed by atoms with E-state index >= 15 is 0 Å². The van der Waals surface area contributed by atoms with Gasteiger partial charge in [0, 0.05) is 0 Å². The lowest BCUT2D eigenvalue weighted by Gasteiger charge is -2.14. The highest BCUT2D eigenvalue weighted by atomic mass is 16.4. The van der Waals surface area contributed by atoms with Gasteiger partial charge in [-0.2, -0.15) is 0 Å². The molecule has 0 saturated carbocycles. The average Bonchev–Trinajstić information content (AvgIpc) is 2.18. The summed E-state index contributed by atoms with van der Waals surface area (Å²) < 4.78 is 0. The summed E-state index contributed by atoms with van der Waals surface area (Å²) in [6, 6.07) is 1.79. The van der Waals surface area contributed by atoms with Crippen LogP contribution < -0.4 is 0 Å². The molecule has 0 aliphatic heterocycles. The highest BCUT2D eigenvalue weighted by molar-refractivity contribution is 5.90. The largest absolute Gasteiger partial charge is 0.478 e. The fraction of sp³-hybridized carbons (Fsp3) is 0.462. The number of hydrogen-bond donors (Lipinski definition) is 1. The van der Waals surface area contributed by atoms with Gasteiger partial charge in [0.15, 0.2) is 0 Å². The second-order valence-corrected chi connectivity index (χ2v) is 4.02. The van der Waals surface area contributed by atoms with Crippen LogP contribution in [0.1, 0.15) is 46.0 Å². The average molecular weight is 206 g/mol. The molecule has 0 atom stereocenters. The highest BCUT2D eigenvalue weighted by Crippen LogP contribution is 2.23. The van der Waals surface area contributed by atoms with E-state index in [2.05, 4.69) is 13.8 Å². The molecule has 0 fully saturated rings. The summed E-state index contributed by atoms with van der Waals surface area (Å²) in [6.07, 6.45) is 1.82. The number of hydrogen-bond acceptors (Lipinski definition) is 1. The third-order valence-electron chi connectivity index (χ3n) is 3.02. The monoisotopic (exact) mass is 206 g/mol. The standard InChI is InChI=1S/C13H18O2/c1-5-6-11-10(4)9(3)8(2)7-12(11)13(14)15/h7H,5-6H2,1-4H3,(H,14,15). The smallest absolute Gasteiger partial charge is 0.335 e. The van der Waals surface area contributed by atoms with Gasteiger partial charge in [0.2, 0.25) is 0 Å². The number of benzene rings is 1. The van der Waals surface area contributed by atoms with Crippen molar-refractivity contribution in [2.75, 3.05) is 0 Å². The molecule has 1 N–H and O–H groups in total. The van der Waals surface area contributed by atoms with Crippen molar-refractivity contribution in [3.63, 3.8) is 0 Å². The van der Waals surface area contributed by atoms with Gasteiger partial charge in [0.1, 0.15) is 0 Å². The molecule has 1 rings (SSSR count). The Labute approximate surface area is 90.9 Å². The Morgan fingerprint density at radius 1 is 1.27 bits per heavy atom. The minimum Gasteiger partial charge on any atom is -0.478 e. The van der Waals surface area contributed by atoms with Crippen LogP contribution in [0.25, 0.3) is 0 Å². The first-order valence-electron chi connectivity index (χ1n) is 5.32. The summed E-state index contributed by atoms with van der Waals surface area (Å²) in [5, 5.41) is 9.13. The van der Waals surface area contributed by atoms with Gasteiger partial charge in [-0.3, -0.25) is 0 Å². The van der Waals surface area contributed by atoms with Gasteiger partial charge in [0.05, 0.1) is 5.56 Å². The van der Waals surface area contributed by atoms with Crippen molar-refractivity contribution < 1.29 is 9.90 Å². The van der Waals surface area contributed by atoms with Crippen molar-refractivity contribution in [1.82, 2.24) is 0 Å². The summed E-state index contributed by atoms with van der Waals surface area (Å²) in [6.45, 7) is 8.10. The highest BCUT2D eigenvalue weighted by Gasteiger charge is 2.14. The van der Waals surface area contributed by atoms with Crippen molar-refractivity contribution in [2.24, 2.45) is 0 Å². The van der Waals surface area contributed by atoms with Crippen LogP contribution in [0.2, 0.25) is 0 Å². The van der Waals surface area contributed by atoms with Gasteiger partial charge in [-0.15, -0.1) is 0 Å². The van der Waals surface area contributed by atoms with Gasteiger partial charge in [0.25, 0.3) is 0 Å². The van der Waals surface area contributed by atoms with E-state index in [1.165, 1.54) is 5.56 Å². The summed E-state index contributed by atoms with van der Waals surface area (Å²) in [5.74, 6) is -0.815. The molecule has 0 radical (unpaired) electrons. The van der Waals surface area contributed by atoms with E-state index in [0.29, 0.717) is 5.56 Å². The molecule has 82 valence electrons. The van der Waals surface area contributed by atoms with Crippen molar-refractivity contribution in [1.29, 1.82) is 0 Å². The van der Waals surface area contributed by atoms with E-state index in [1.54, 1.807) is 6.07 Å². The minimum atomic E-state index is -0.815. The van der Waals surface area contributed by atoms with Crippen LogP contribution >= 0.6 is 0 Å². The van der Waals surface area contributed by atoms with Gasteiger partial charge in [-0.1, -0.05) is 13.3 Å². The Morgan fingerprint density at radius 2 is 1.87 bits per heavy atom. The molecule has 0 aliphatic carbocycles. The topological polar surface area (TPSA) is 37.3 Å². The molecule has 0 bridgehead atoms. The van der Waals surface area contributed by atoms with E-state index in [0.717, 1.165) is 29.5 Å². The van der Waals surface area contributed by atoms with Crippen LogP contribution in [0.3, 0.4) is 0 Å². The molecule has 0 aliphatic rings. The first kappa shape index (κ1) is 11.8. The van der Waals surface area contributed by atoms with Gasteiger partial charge >= 0.3 is 5.97 Å². The van der Waals surface area contributed by atoms with Crippen molar-refractivity contribution >= 4 is 5.97 Å². The Bertz CT molecular complexity index is 392. The Kier molecular flexibility index (Phi) is 3.51. The summed E-state index contributed by atoms with van der Waals surface area (Å²) in [7, 11) is 0. The third-order valence-corrected chi connectivity index (χ3v) is 3.02. The van der Waals surface area contributed by atoms with Crippen molar-refractivity contribution in [3.8, 4) is 0 Å². The molecule has 0 saturated heterocycles. The van der Waals surface area contributed by atoms with E-state index < -0.39 is 5.97 Å². The van der Waals surface area contributed by atoms with E-state index in [1.807, 2.05) is 13.8 Å². The maximum atomic E-state index is 11.1. The predicted octanol–water partition coefficient (Wildman–Crippen LogP) is 3.26. The van der Waals surface area contributed by atoms with Gasteiger partial charge in [-0.25, -0.2) is 4.79 Å². The predicted molar refractivity (Wildman–Crippen MR) is 61.6 cm³/mol. The Morgan fingerprint density at radius 3 is 2.33 bits per heavy atom. The Balaban J connectivity index is 3.43. The molecule has 2 nitrogen and oxygen atoms in total. The number of carbonyl (C=O) groups is 1. The van der Waals surface area contributed by atoms with Crippen LogP contribution in [0, 0.1) is 20.8 Å². The van der Waals surface area contributed by atoms with Crippen LogP contribution in [0.5, 0.6) is 0 Å². The fourth-order valence-corrected chi connectivity index (χ4v) is 1.90. The molecule has 0 amide bonds. The summed E-state index contributed by atoms with van der Waals surface area (Å²) in [4.78, 5) is 11.1. The first-order chi connectivity index (χ1) is 6.99. The zero-order chi connectivity index (χ0) is 11.6. The molecule has 0 heterocycles. The molecule has 0 spiro atoms. The van der Waals surface area contributed by atoms with Crippen molar-refractivity contribution in [3.05, 3.63) is 33.9 Å².